The monoisotopic (exact) mass is 332 g/mol. The second kappa shape index (κ2) is 6.51. The van der Waals surface area contributed by atoms with Crippen LogP contribution in [0.25, 0.3) is 22.2 Å². The molecule has 1 saturated heterocycles. The van der Waals surface area contributed by atoms with Crippen LogP contribution in [0.15, 0.2) is 61.4 Å². The molecule has 2 aromatic heterocycles. The van der Waals surface area contributed by atoms with Gasteiger partial charge in [0.2, 0.25) is 5.91 Å². The Morgan fingerprint density at radius 2 is 2.20 bits per heavy atom. The van der Waals surface area contributed by atoms with Crippen molar-refractivity contribution in [1.82, 2.24) is 19.7 Å². The molecular formula is C20H20N4O. The van der Waals surface area contributed by atoms with Crippen molar-refractivity contribution in [1.29, 1.82) is 0 Å². The minimum Gasteiger partial charge on any atom is -0.337 e. The van der Waals surface area contributed by atoms with Gasteiger partial charge in [-0.15, -0.1) is 0 Å². The van der Waals surface area contributed by atoms with Crippen LogP contribution in [0.3, 0.4) is 0 Å². The molecule has 0 aliphatic carbocycles. The Bertz CT molecular complexity index is 916. The summed E-state index contributed by atoms with van der Waals surface area (Å²) >= 11 is 0. The number of fused-ring (bicyclic) bond motifs is 1. The second-order valence-corrected chi connectivity index (χ2v) is 6.38. The quantitative estimate of drug-likeness (QED) is 0.690. The van der Waals surface area contributed by atoms with Gasteiger partial charge in [-0.2, -0.15) is 5.10 Å². The highest BCUT2D eigenvalue weighted by Gasteiger charge is 2.24. The lowest BCUT2D eigenvalue weighted by Crippen LogP contribution is -2.39. The normalized spacial score (nSPS) is 17.6. The molecule has 1 unspecified atom stereocenters. The van der Waals surface area contributed by atoms with Crippen LogP contribution in [0.1, 0.15) is 18.9 Å². The van der Waals surface area contributed by atoms with Crippen molar-refractivity contribution in [2.75, 3.05) is 13.1 Å². The number of carbonyl (C=O) groups excluding carboxylic acids is 1. The predicted molar refractivity (Wildman–Crippen MR) is 98.0 cm³/mol. The zero-order chi connectivity index (χ0) is 17.2. The van der Waals surface area contributed by atoms with Gasteiger partial charge in [-0.3, -0.25) is 14.5 Å². The van der Waals surface area contributed by atoms with Crippen LogP contribution < -0.4 is 0 Å². The molecule has 1 aliphatic rings. The fourth-order valence-corrected chi connectivity index (χ4v) is 3.42. The average Bonchev–Trinajstić information content (AvgIpc) is 3.11. The second-order valence-electron chi connectivity index (χ2n) is 6.38. The maximum Gasteiger partial charge on any atom is 0.246 e. The van der Waals surface area contributed by atoms with Gasteiger partial charge in [0.25, 0.3) is 0 Å². The maximum absolute atomic E-state index is 11.9. The highest BCUT2D eigenvalue weighted by atomic mass is 16.2. The van der Waals surface area contributed by atoms with Crippen molar-refractivity contribution >= 4 is 16.8 Å². The van der Waals surface area contributed by atoms with E-state index in [0.717, 1.165) is 41.5 Å². The molecule has 126 valence electrons. The number of rotatable bonds is 3. The van der Waals surface area contributed by atoms with Gasteiger partial charge in [-0.1, -0.05) is 18.7 Å². The molecule has 1 fully saturated rings. The lowest BCUT2D eigenvalue weighted by Gasteiger charge is -2.32. The highest BCUT2D eigenvalue weighted by Crippen LogP contribution is 2.26. The molecule has 0 saturated carbocycles. The van der Waals surface area contributed by atoms with Crippen molar-refractivity contribution in [3.63, 3.8) is 0 Å². The van der Waals surface area contributed by atoms with Gasteiger partial charge in [0.15, 0.2) is 0 Å². The number of hydrogen-bond acceptors (Lipinski definition) is 3. The summed E-state index contributed by atoms with van der Waals surface area (Å²) in [6.45, 7) is 5.07. The first-order valence-electron chi connectivity index (χ1n) is 8.56. The van der Waals surface area contributed by atoms with E-state index in [1.54, 1.807) is 6.20 Å². The summed E-state index contributed by atoms with van der Waals surface area (Å²) in [4.78, 5) is 18.2. The van der Waals surface area contributed by atoms with E-state index in [4.69, 9.17) is 5.10 Å². The van der Waals surface area contributed by atoms with E-state index in [9.17, 15) is 4.79 Å². The van der Waals surface area contributed by atoms with E-state index >= 15 is 0 Å². The van der Waals surface area contributed by atoms with Crippen LogP contribution in [-0.4, -0.2) is 38.7 Å². The number of benzene rings is 1. The Morgan fingerprint density at radius 1 is 1.28 bits per heavy atom. The van der Waals surface area contributed by atoms with Gasteiger partial charge in [0.1, 0.15) is 0 Å². The number of pyridine rings is 1. The Hall–Kier alpha value is -2.95. The average molecular weight is 332 g/mol. The van der Waals surface area contributed by atoms with Crippen LogP contribution in [0.4, 0.5) is 0 Å². The standard InChI is InChI=1S/C20H20N4O/c1-2-20(25)23-11-5-6-17(14-23)24-13-16-12-15(8-9-19(16)22-24)18-7-3-4-10-21-18/h2-4,7-10,12-13,17H,1,5-6,11,14H2. The van der Waals surface area contributed by atoms with E-state index in [1.807, 2.05) is 33.8 Å². The molecule has 4 rings (SSSR count). The van der Waals surface area contributed by atoms with Crippen molar-refractivity contribution in [2.45, 2.75) is 18.9 Å². The predicted octanol–water partition coefficient (Wildman–Crippen LogP) is 3.45. The minimum absolute atomic E-state index is 0.00107. The summed E-state index contributed by atoms with van der Waals surface area (Å²) in [5, 5.41) is 5.82. The van der Waals surface area contributed by atoms with Crippen LogP contribution in [0.5, 0.6) is 0 Å². The molecular weight excluding hydrogens is 312 g/mol. The largest absolute Gasteiger partial charge is 0.337 e. The van der Waals surface area contributed by atoms with E-state index in [0.29, 0.717) is 6.54 Å². The van der Waals surface area contributed by atoms with E-state index in [2.05, 4.69) is 29.9 Å². The van der Waals surface area contributed by atoms with Gasteiger partial charge in [-0.05, 0) is 43.2 Å². The van der Waals surface area contributed by atoms with Gasteiger partial charge in [0, 0.05) is 36.4 Å². The number of aromatic nitrogens is 3. The number of nitrogens with zero attached hydrogens (tertiary/aromatic N) is 4. The first kappa shape index (κ1) is 15.6. The van der Waals surface area contributed by atoms with Gasteiger partial charge >= 0.3 is 0 Å². The van der Waals surface area contributed by atoms with Gasteiger partial charge < -0.3 is 4.90 Å². The summed E-state index contributed by atoms with van der Waals surface area (Å²) < 4.78 is 2.01. The molecule has 1 amide bonds. The fraction of sp³-hybridized carbons (Fsp3) is 0.250. The first-order chi connectivity index (χ1) is 12.2. The fourth-order valence-electron chi connectivity index (χ4n) is 3.42. The van der Waals surface area contributed by atoms with Crippen LogP contribution in [0.2, 0.25) is 0 Å². The number of hydrogen-bond donors (Lipinski definition) is 0. The molecule has 0 N–H and O–H groups in total. The molecule has 0 bridgehead atoms. The van der Waals surface area contributed by atoms with Crippen LogP contribution >= 0.6 is 0 Å². The minimum atomic E-state index is -0.00107. The lowest BCUT2D eigenvalue weighted by atomic mass is 10.1. The van der Waals surface area contributed by atoms with Gasteiger partial charge in [0.05, 0.1) is 17.3 Å². The molecule has 0 spiro atoms. The van der Waals surface area contributed by atoms with E-state index in [-0.39, 0.29) is 11.9 Å². The Morgan fingerprint density at radius 3 is 3.00 bits per heavy atom. The summed E-state index contributed by atoms with van der Waals surface area (Å²) in [5.41, 5.74) is 3.00. The molecule has 25 heavy (non-hydrogen) atoms. The van der Waals surface area contributed by atoms with Gasteiger partial charge in [-0.25, -0.2) is 0 Å². The number of piperidine rings is 1. The summed E-state index contributed by atoms with van der Waals surface area (Å²) in [7, 11) is 0. The zero-order valence-corrected chi connectivity index (χ0v) is 14.0. The molecule has 1 aromatic carbocycles. The smallest absolute Gasteiger partial charge is 0.246 e. The van der Waals surface area contributed by atoms with Crippen molar-refractivity contribution in [3.8, 4) is 11.3 Å². The summed E-state index contributed by atoms with van der Waals surface area (Å²) in [6.07, 6.45) is 7.28. The third kappa shape index (κ3) is 3.05. The first-order valence-corrected chi connectivity index (χ1v) is 8.56. The molecule has 5 heteroatoms. The van der Waals surface area contributed by atoms with Crippen molar-refractivity contribution in [2.24, 2.45) is 0 Å². The highest BCUT2D eigenvalue weighted by molar-refractivity contribution is 5.87. The summed E-state index contributed by atoms with van der Waals surface area (Å²) in [6, 6.07) is 12.3. The number of carbonyl (C=O) groups is 1. The Kier molecular flexibility index (Phi) is 4.06. The Balaban J connectivity index is 1.63. The van der Waals surface area contributed by atoms with E-state index in [1.165, 1.54) is 6.08 Å². The zero-order valence-electron chi connectivity index (χ0n) is 14.0. The molecule has 0 radical (unpaired) electrons. The topological polar surface area (TPSA) is 51.0 Å². The molecule has 3 heterocycles. The maximum atomic E-state index is 11.9. The van der Waals surface area contributed by atoms with Crippen molar-refractivity contribution < 1.29 is 4.79 Å². The SMILES string of the molecule is C=CC(=O)N1CCCC(n2cc3cc(-c4ccccn4)ccc3n2)C1. The van der Waals surface area contributed by atoms with Crippen LogP contribution in [-0.2, 0) is 4.79 Å². The molecule has 3 aromatic rings. The Labute approximate surface area is 146 Å². The molecule has 1 atom stereocenters. The number of amides is 1. The lowest BCUT2D eigenvalue weighted by molar-refractivity contribution is -0.127. The third-order valence-corrected chi connectivity index (χ3v) is 4.74. The molecule has 5 nitrogen and oxygen atoms in total. The number of likely N-dealkylation sites (tertiary alicyclic amines) is 1. The third-order valence-electron chi connectivity index (χ3n) is 4.74. The molecule has 1 aliphatic heterocycles. The summed E-state index contributed by atoms with van der Waals surface area (Å²) in [5.74, 6) is -0.00107. The van der Waals surface area contributed by atoms with Crippen LogP contribution in [0, 0.1) is 0 Å². The van der Waals surface area contributed by atoms with Crippen molar-refractivity contribution in [3.05, 3.63) is 61.4 Å². The van der Waals surface area contributed by atoms with E-state index < -0.39 is 0 Å².